The first-order valence-corrected chi connectivity index (χ1v) is 8.37. The number of aromatic carboxylic acids is 1. The molecule has 0 radical (unpaired) electrons. The number of benzene rings is 1. The van der Waals surface area contributed by atoms with Gasteiger partial charge in [0.15, 0.2) is 0 Å². The molecule has 2 aromatic rings. The van der Waals surface area contributed by atoms with Crippen molar-refractivity contribution in [1.29, 1.82) is 0 Å². The Labute approximate surface area is 150 Å². The van der Waals surface area contributed by atoms with Crippen LogP contribution in [-0.4, -0.2) is 52.1 Å². The van der Waals surface area contributed by atoms with Gasteiger partial charge in [-0.3, -0.25) is 9.48 Å². The van der Waals surface area contributed by atoms with Crippen LogP contribution in [0.1, 0.15) is 22.3 Å². The summed E-state index contributed by atoms with van der Waals surface area (Å²) in [4.78, 5) is 23.2. The predicted octanol–water partition coefficient (Wildman–Crippen LogP) is 1.24. The van der Waals surface area contributed by atoms with Crippen LogP contribution >= 0.6 is 0 Å². The van der Waals surface area contributed by atoms with Gasteiger partial charge in [0.2, 0.25) is 5.91 Å². The highest BCUT2D eigenvalue weighted by molar-refractivity contribution is 5.87. The number of ether oxygens (including phenoxy) is 2. The minimum Gasteiger partial charge on any atom is -0.486 e. The van der Waals surface area contributed by atoms with E-state index in [0.717, 1.165) is 5.56 Å². The molecule has 1 fully saturated rings. The number of carboxylic acid groups (broad SMARTS) is 1. The maximum atomic E-state index is 12.3. The SMILES string of the molecule is Cc1cnn(CC(=O)N[C@@H]2CCOC[C@H]2Oc2ccc(C(=O)O)cc2)c1. The van der Waals surface area contributed by atoms with Gasteiger partial charge in [0.25, 0.3) is 0 Å². The van der Waals surface area contributed by atoms with Gasteiger partial charge in [0, 0.05) is 12.8 Å². The van der Waals surface area contributed by atoms with Crippen molar-refractivity contribution < 1.29 is 24.2 Å². The monoisotopic (exact) mass is 359 g/mol. The summed E-state index contributed by atoms with van der Waals surface area (Å²) in [5, 5.41) is 16.0. The van der Waals surface area contributed by atoms with Crippen LogP contribution in [0, 0.1) is 6.92 Å². The summed E-state index contributed by atoms with van der Waals surface area (Å²) in [6.45, 7) is 2.96. The summed E-state index contributed by atoms with van der Waals surface area (Å²) in [5.41, 5.74) is 1.19. The van der Waals surface area contributed by atoms with Crippen molar-refractivity contribution in [2.24, 2.45) is 0 Å². The lowest BCUT2D eigenvalue weighted by Gasteiger charge is -2.32. The number of hydrogen-bond donors (Lipinski definition) is 2. The van der Waals surface area contributed by atoms with Crippen molar-refractivity contribution in [1.82, 2.24) is 15.1 Å². The molecule has 1 aromatic heterocycles. The van der Waals surface area contributed by atoms with Crippen LogP contribution in [0.5, 0.6) is 5.75 Å². The van der Waals surface area contributed by atoms with Crippen molar-refractivity contribution in [2.75, 3.05) is 13.2 Å². The molecule has 3 rings (SSSR count). The molecule has 1 aromatic carbocycles. The normalized spacial score (nSPS) is 19.7. The zero-order chi connectivity index (χ0) is 18.5. The fraction of sp³-hybridized carbons (Fsp3) is 0.389. The molecule has 2 heterocycles. The van der Waals surface area contributed by atoms with E-state index in [0.29, 0.717) is 25.4 Å². The summed E-state index contributed by atoms with van der Waals surface area (Å²) in [5.74, 6) is -0.598. The van der Waals surface area contributed by atoms with Crippen molar-refractivity contribution in [3.63, 3.8) is 0 Å². The molecule has 0 unspecified atom stereocenters. The van der Waals surface area contributed by atoms with Crippen molar-refractivity contribution in [3.05, 3.63) is 47.8 Å². The van der Waals surface area contributed by atoms with E-state index in [1.807, 2.05) is 13.1 Å². The molecule has 0 bridgehead atoms. The quantitative estimate of drug-likeness (QED) is 0.804. The molecule has 138 valence electrons. The first kappa shape index (κ1) is 17.9. The second kappa shape index (κ2) is 8.01. The summed E-state index contributed by atoms with van der Waals surface area (Å²) in [6.07, 6.45) is 3.81. The van der Waals surface area contributed by atoms with Crippen LogP contribution in [0.2, 0.25) is 0 Å². The Kier molecular flexibility index (Phi) is 5.52. The van der Waals surface area contributed by atoms with E-state index in [1.165, 1.54) is 12.1 Å². The number of aromatic nitrogens is 2. The molecule has 2 atom stereocenters. The Hall–Kier alpha value is -2.87. The zero-order valence-corrected chi connectivity index (χ0v) is 14.4. The number of nitrogens with one attached hydrogen (secondary N) is 1. The molecule has 26 heavy (non-hydrogen) atoms. The Bertz CT molecular complexity index is 771. The number of carbonyl (C=O) groups is 2. The maximum Gasteiger partial charge on any atom is 0.335 e. The minimum atomic E-state index is -0.989. The Morgan fingerprint density at radius 2 is 2.15 bits per heavy atom. The number of amides is 1. The number of nitrogens with zero attached hydrogens (tertiary/aromatic N) is 2. The van der Waals surface area contributed by atoms with E-state index in [2.05, 4.69) is 10.4 Å². The van der Waals surface area contributed by atoms with Crippen LogP contribution in [0.3, 0.4) is 0 Å². The molecule has 8 nitrogen and oxygen atoms in total. The average Bonchev–Trinajstić information content (AvgIpc) is 3.02. The topological polar surface area (TPSA) is 103 Å². The number of rotatable bonds is 6. The van der Waals surface area contributed by atoms with E-state index in [1.54, 1.807) is 23.0 Å². The molecule has 0 spiro atoms. The molecular weight excluding hydrogens is 338 g/mol. The highest BCUT2D eigenvalue weighted by atomic mass is 16.5. The van der Waals surface area contributed by atoms with Crippen LogP contribution < -0.4 is 10.1 Å². The first-order valence-electron chi connectivity index (χ1n) is 8.37. The van der Waals surface area contributed by atoms with Crippen LogP contribution in [0.15, 0.2) is 36.7 Å². The number of aryl methyl sites for hydroxylation is 1. The number of carbonyl (C=O) groups excluding carboxylic acids is 1. The highest BCUT2D eigenvalue weighted by Gasteiger charge is 2.29. The van der Waals surface area contributed by atoms with Crippen molar-refractivity contribution in [3.8, 4) is 5.75 Å². The molecule has 8 heteroatoms. The van der Waals surface area contributed by atoms with E-state index < -0.39 is 5.97 Å². The van der Waals surface area contributed by atoms with Gasteiger partial charge in [-0.05, 0) is 43.2 Å². The molecule has 0 aliphatic carbocycles. The summed E-state index contributed by atoms with van der Waals surface area (Å²) >= 11 is 0. The molecule has 0 saturated carbocycles. The summed E-state index contributed by atoms with van der Waals surface area (Å²) < 4.78 is 13.0. The molecule has 1 aliphatic rings. The van der Waals surface area contributed by atoms with Gasteiger partial charge in [0.1, 0.15) is 18.4 Å². The van der Waals surface area contributed by atoms with E-state index in [-0.39, 0.29) is 30.2 Å². The van der Waals surface area contributed by atoms with Crippen LogP contribution in [-0.2, 0) is 16.1 Å². The molecule has 2 N–H and O–H groups in total. The third-order valence-corrected chi connectivity index (χ3v) is 4.11. The second-order valence-electron chi connectivity index (χ2n) is 6.24. The zero-order valence-electron chi connectivity index (χ0n) is 14.4. The fourth-order valence-electron chi connectivity index (χ4n) is 2.80. The average molecular weight is 359 g/mol. The van der Waals surface area contributed by atoms with Gasteiger partial charge in [-0.25, -0.2) is 4.79 Å². The number of carboxylic acids is 1. The van der Waals surface area contributed by atoms with Gasteiger partial charge in [-0.15, -0.1) is 0 Å². The summed E-state index contributed by atoms with van der Waals surface area (Å²) in [7, 11) is 0. The van der Waals surface area contributed by atoms with E-state index >= 15 is 0 Å². The second-order valence-corrected chi connectivity index (χ2v) is 6.24. The van der Waals surface area contributed by atoms with E-state index in [9.17, 15) is 9.59 Å². The Morgan fingerprint density at radius 1 is 1.38 bits per heavy atom. The lowest BCUT2D eigenvalue weighted by molar-refractivity contribution is -0.124. The first-order chi connectivity index (χ1) is 12.5. The van der Waals surface area contributed by atoms with E-state index in [4.69, 9.17) is 14.6 Å². The Morgan fingerprint density at radius 3 is 2.81 bits per heavy atom. The van der Waals surface area contributed by atoms with Crippen molar-refractivity contribution >= 4 is 11.9 Å². The lowest BCUT2D eigenvalue weighted by atomic mass is 10.1. The fourth-order valence-corrected chi connectivity index (χ4v) is 2.80. The molecule has 1 amide bonds. The Balaban J connectivity index is 1.60. The molecular formula is C18H21N3O5. The van der Waals surface area contributed by atoms with Gasteiger partial charge in [-0.1, -0.05) is 0 Å². The third-order valence-electron chi connectivity index (χ3n) is 4.11. The largest absolute Gasteiger partial charge is 0.486 e. The maximum absolute atomic E-state index is 12.3. The minimum absolute atomic E-state index is 0.144. The van der Waals surface area contributed by atoms with Gasteiger partial charge in [-0.2, -0.15) is 5.10 Å². The predicted molar refractivity (Wildman–Crippen MR) is 92.1 cm³/mol. The van der Waals surface area contributed by atoms with Gasteiger partial charge >= 0.3 is 5.97 Å². The lowest BCUT2D eigenvalue weighted by Crippen LogP contribution is -2.52. The smallest absolute Gasteiger partial charge is 0.335 e. The van der Waals surface area contributed by atoms with Crippen molar-refractivity contribution in [2.45, 2.75) is 32.0 Å². The number of hydrogen-bond acceptors (Lipinski definition) is 5. The summed E-state index contributed by atoms with van der Waals surface area (Å²) in [6, 6.07) is 5.98. The molecule has 1 saturated heterocycles. The van der Waals surface area contributed by atoms with Crippen LogP contribution in [0.25, 0.3) is 0 Å². The highest BCUT2D eigenvalue weighted by Crippen LogP contribution is 2.18. The van der Waals surface area contributed by atoms with Crippen LogP contribution in [0.4, 0.5) is 0 Å². The van der Waals surface area contributed by atoms with Gasteiger partial charge in [0.05, 0.1) is 24.4 Å². The standard InChI is InChI=1S/C18H21N3O5/c1-12-8-19-21(9-12)10-17(22)20-15-6-7-25-11-16(15)26-14-4-2-13(3-5-14)18(23)24/h2-5,8-9,15-16H,6-7,10-11H2,1H3,(H,20,22)(H,23,24)/t15-,16-/m1/s1. The third kappa shape index (κ3) is 4.60. The molecule has 1 aliphatic heterocycles. The van der Waals surface area contributed by atoms with Gasteiger partial charge < -0.3 is 19.9 Å².